The summed E-state index contributed by atoms with van der Waals surface area (Å²) in [7, 11) is 1.85. The van der Waals surface area contributed by atoms with Crippen molar-refractivity contribution < 1.29 is 4.79 Å². The molecule has 0 unspecified atom stereocenters. The van der Waals surface area contributed by atoms with Gasteiger partial charge in [-0.2, -0.15) is 5.10 Å². The molecule has 1 amide bonds. The lowest BCUT2D eigenvalue weighted by atomic mass is 10.2. The third kappa shape index (κ3) is 3.48. The minimum absolute atomic E-state index is 0.127. The lowest BCUT2D eigenvalue weighted by molar-refractivity contribution is 0.0949. The molecule has 0 saturated carbocycles. The Bertz CT molecular complexity index is 830. The van der Waals surface area contributed by atoms with Gasteiger partial charge in [0.05, 0.1) is 23.5 Å². The summed E-state index contributed by atoms with van der Waals surface area (Å²) in [5.41, 5.74) is 3.12. The van der Waals surface area contributed by atoms with Crippen LogP contribution in [0.5, 0.6) is 0 Å². The number of nitrogens with zero attached hydrogens (tertiary/aromatic N) is 3. The van der Waals surface area contributed by atoms with Crippen molar-refractivity contribution in [1.82, 2.24) is 20.1 Å². The lowest BCUT2D eigenvalue weighted by Gasteiger charge is -2.06. The van der Waals surface area contributed by atoms with E-state index in [1.54, 1.807) is 16.9 Å². The maximum absolute atomic E-state index is 12.2. The molecular weight excluding hydrogens is 356 g/mol. The van der Waals surface area contributed by atoms with Crippen LogP contribution in [-0.2, 0) is 13.6 Å². The summed E-state index contributed by atoms with van der Waals surface area (Å²) in [4.78, 5) is 16.5. The van der Waals surface area contributed by atoms with Crippen LogP contribution < -0.4 is 5.32 Å². The van der Waals surface area contributed by atoms with E-state index in [-0.39, 0.29) is 5.91 Å². The van der Waals surface area contributed by atoms with Crippen LogP contribution in [-0.4, -0.2) is 20.7 Å². The number of hydrogen-bond donors (Lipinski definition) is 1. The highest BCUT2D eigenvalue weighted by Crippen LogP contribution is 2.17. The van der Waals surface area contributed by atoms with E-state index < -0.39 is 0 Å². The molecule has 0 radical (unpaired) electrons. The number of pyridine rings is 1. The Morgan fingerprint density at radius 1 is 1.17 bits per heavy atom. The highest BCUT2D eigenvalue weighted by Gasteiger charge is 2.12. The highest BCUT2D eigenvalue weighted by molar-refractivity contribution is 9.10. The van der Waals surface area contributed by atoms with Gasteiger partial charge < -0.3 is 5.32 Å². The number of aryl methyl sites for hydroxylation is 1. The number of carbonyl (C=O) groups excluding carboxylic acids is 1. The van der Waals surface area contributed by atoms with Crippen LogP contribution in [0.3, 0.4) is 0 Å². The van der Waals surface area contributed by atoms with E-state index in [4.69, 9.17) is 0 Å². The molecule has 0 fully saturated rings. The zero-order chi connectivity index (χ0) is 16.2. The normalized spacial score (nSPS) is 10.5. The molecule has 0 spiro atoms. The zero-order valence-electron chi connectivity index (χ0n) is 12.5. The first-order valence-electron chi connectivity index (χ1n) is 7.12. The van der Waals surface area contributed by atoms with Gasteiger partial charge in [-0.15, -0.1) is 0 Å². The molecule has 5 nitrogen and oxygen atoms in total. The number of halogens is 1. The average molecular weight is 371 g/mol. The molecule has 1 N–H and O–H groups in total. The van der Waals surface area contributed by atoms with E-state index in [0.717, 1.165) is 21.6 Å². The monoisotopic (exact) mass is 370 g/mol. The first-order valence-corrected chi connectivity index (χ1v) is 7.91. The molecule has 2 aromatic heterocycles. The molecule has 0 aliphatic carbocycles. The highest BCUT2D eigenvalue weighted by atomic mass is 79.9. The second-order valence-electron chi connectivity index (χ2n) is 5.02. The lowest BCUT2D eigenvalue weighted by Crippen LogP contribution is -2.24. The fourth-order valence-corrected chi connectivity index (χ4v) is 2.69. The number of amides is 1. The van der Waals surface area contributed by atoms with E-state index in [1.165, 1.54) is 0 Å². The Morgan fingerprint density at radius 2 is 1.96 bits per heavy atom. The molecule has 23 heavy (non-hydrogen) atoms. The van der Waals surface area contributed by atoms with Crippen LogP contribution >= 0.6 is 15.9 Å². The van der Waals surface area contributed by atoms with Crippen molar-refractivity contribution in [1.29, 1.82) is 0 Å². The summed E-state index contributed by atoms with van der Waals surface area (Å²) in [6, 6.07) is 15.0. The molecule has 116 valence electrons. The van der Waals surface area contributed by atoms with Crippen LogP contribution in [0, 0.1) is 0 Å². The molecule has 6 heteroatoms. The molecule has 0 saturated heterocycles. The van der Waals surface area contributed by atoms with E-state index in [2.05, 4.69) is 31.3 Å². The Labute approximate surface area is 142 Å². The van der Waals surface area contributed by atoms with Crippen LogP contribution in [0.4, 0.5) is 0 Å². The van der Waals surface area contributed by atoms with Gasteiger partial charge in [-0.3, -0.25) is 14.5 Å². The van der Waals surface area contributed by atoms with Crippen molar-refractivity contribution in [3.63, 3.8) is 0 Å². The van der Waals surface area contributed by atoms with E-state index >= 15 is 0 Å². The van der Waals surface area contributed by atoms with Gasteiger partial charge in [0.25, 0.3) is 5.91 Å². The number of hydrogen-bond acceptors (Lipinski definition) is 3. The van der Waals surface area contributed by atoms with E-state index in [1.807, 2.05) is 49.5 Å². The molecular formula is C17H15BrN4O. The van der Waals surface area contributed by atoms with Crippen molar-refractivity contribution in [2.45, 2.75) is 6.54 Å². The van der Waals surface area contributed by atoms with Gasteiger partial charge in [0.15, 0.2) is 0 Å². The third-order valence-corrected chi connectivity index (χ3v) is 4.14. The van der Waals surface area contributed by atoms with Crippen LogP contribution in [0.2, 0.25) is 0 Å². The Balaban J connectivity index is 1.73. The van der Waals surface area contributed by atoms with E-state index in [9.17, 15) is 4.79 Å². The molecule has 0 aliphatic rings. The number of rotatable bonds is 4. The number of aromatic nitrogens is 3. The topological polar surface area (TPSA) is 59.8 Å². The van der Waals surface area contributed by atoms with Gasteiger partial charge >= 0.3 is 0 Å². The minimum Gasteiger partial charge on any atom is -0.346 e. The largest absolute Gasteiger partial charge is 0.346 e. The van der Waals surface area contributed by atoms with Crippen LogP contribution in [0.25, 0.3) is 11.4 Å². The second-order valence-corrected chi connectivity index (χ2v) is 5.88. The molecule has 3 aromatic rings. The van der Waals surface area contributed by atoms with Crippen LogP contribution in [0.1, 0.15) is 16.1 Å². The SMILES string of the molecule is Cn1nc(-c2ccccn2)cc1CNC(=O)c1ccccc1Br. The summed E-state index contributed by atoms with van der Waals surface area (Å²) in [5.74, 6) is -0.127. The Morgan fingerprint density at radius 3 is 2.70 bits per heavy atom. The fraction of sp³-hybridized carbons (Fsp3) is 0.118. The Kier molecular flexibility index (Phi) is 4.52. The second kappa shape index (κ2) is 6.75. The molecule has 3 rings (SSSR count). The van der Waals surface area contributed by atoms with E-state index in [0.29, 0.717) is 12.1 Å². The van der Waals surface area contributed by atoms with Gasteiger partial charge in [-0.05, 0) is 46.3 Å². The van der Waals surface area contributed by atoms with Gasteiger partial charge in [0.2, 0.25) is 0 Å². The first kappa shape index (κ1) is 15.4. The summed E-state index contributed by atoms with van der Waals surface area (Å²) in [5, 5.41) is 7.35. The molecule has 1 aromatic carbocycles. The van der Waals surface area contributed by atoms with Crippen LogP contribution in [0.15, 0.2) is 59.2 Å². The summed E-state index contributed by atoms with van der Waals surface area (Å²) in [6.07, 6.45) is 1.73. The van der Waals surface area contributed by atoms with Crippen molar-refractivity contribution in [3.05, 3.63) is 70.5 Å². The Hall–Kier alpha value is -2.47. The fourth-order valence-electron chi connectivity index (χ4n) is 2.22. The number of benzene rings is 1. The molecule has 0 atom stereocenters. The maximum atomic E-state index is 12.2. The summed E-state index contributed by atoms with van der Waals surface area (Å²) < 4.78 is 2.53. The average Bonchev–Trinajstić information content (AvgIpc) is 2.95. The van der Waals surface area contributed by atoms with Gasteiger partial charge in [0.1, 0.15) is 5.69 Å². The summed E-state index contributed by atoms with van der Waals surface area (Å²) >= 11 is 3.39. The molecule has 0 aliphatic heterocycles. The standard InChI is InChI=1S/C17H15BrN4O/c1-22-12(10-16(21-22)15-8-4-5-9-19-15)11-20-17(23)13-6-2-3-7-14(13)18/h2-10H,11H2,1H3,(H,20,23). The molecule has 2 heterocycles. The van der Waals surface area contributed by atoms with Gasteiger partial charge in [0, 0.05) is 17.7 Å². The smallest absolute Gasteiger partial charge is 0.252 e. The predicted octanol–water partition coefficient (Wildman–Crippen LogP) is 3.17. The van der Waals surface area contributed by atoms with Crippen molar-refractivity contribution >= 4 is 21.8 Å². The van der Waals surface area contributed by atoms with Gasteiger partial charge in [-0.25, -0.2) is 0 Å². The summed E-state index contributed by atoms with van der Waals surface area (Å²) in [6.45, 7) is 0.399. The minimum atomic E-state index is -0.127. The van der Waals surface area contributed by atoms with Crippen molar-refractivity contribution in [3.8, 4) is 11.4 Å². The van der Waals surface area contributed by atoms with Gasteiger partial charge in [-0.1, -0.05) is 18.2 Å². The quantitative estimate of drug-likeness (QED) is 0.767. The first-order chi connectivity index (χ1) is 11.1. The third-order valence-electron chi connectivity index (χ3n) is 3.45. The zero-order valence-corrected chi connectivity index (χ0v) is 14.1. The molecule has 0 bridgehead atoms. The predicted molar refractivity (Wildman–Crippen MR) is 91.8 cm³/mol. The van der Waals surface area contributed by atoms with Crippen molar-refractivity contribution in [2.75, 3.05) is 0 Å². The number of nitrogens with one attached hydrogen (secondary N) is 1. The maximum Gasteiger partial charge on any atom is 0.252 e. The number of carbonyl (C=O) groups is 1. The van der Waals surface area contributed by atoms with Crippen molar-refractivity contribution in [2.24, 2.45) is 7.05 Å².